The summed E-state index contributed by atoms with van der Waals surface area (Å²) in [5.74, 6) is 0.215. The molecule has 0 aliphatic carbocycles. The largest absolute Gasteiger partial charge is 0.403 e. The van der Waals surface area contributed by atoms with Crippen molar-refractivity contribution in [2.75, 3.05) is 19.6 Å². The van der Waals surface area contributed by atoms with Gasteiger partial charge in [0.25, 0.3) is 0 Å². The highest BCUT2D eigenvalue weighted by Gasteiger charge is 2.17. The Morgan fingerprint density at radius 3 is 2.87 bits per heavy atom. The summed E-state index contributed by atoms with van der Waals surface area (Å²) in [5, 5.41) is 2.85. The van der Waals surface area contributed by atoms with E-state index in [1.165, 1.54) is 6.20 Å². The van der Waals surface area contributed by atoms with Crippen LogP contribution in [0.4, 0.5) is 0 Å². The fourth-order valence-corrected chi connectivity index (χ4v) is 2.12. The second-order valence-corrected chi connectivity index (χ2v) is 5.37. The Hall–Kier alpha value is -2.15. The molecule has 0 aromatic heterocycles. The van der Waals surface area contributed by atoms with Crippen LogP contribution in [0.15, 0.2) is 33.5 Å². The van der Waals surface area contributed by atoms with Crippen LogP contribution in [-0.2, 0) is 4.79 Å². The van der Waals surface area contributed by atoms with Crippen molar-refractivity contribution in [2.24, 2.45) is 27.2 Å². The van der Waals surface area contributed by atoms with Gasteiger partial charge in [0.1, 0.15) is 11.5 Å². The highest BCUT2D eigenvalue weighted by molar-refractivity contribution is 6.16. The third kappa shape index (κ3) is 6.65. The molecule has 23 heavy (non-hydrogen) atoms. The predicted octanol–water partition coefficient (Wildman–Crippen LogP) is 0.570. The monoisotopic (exact) mass is 320 g/mol. The lowest BCUT2D eigenvalue weighted by atomic mass is 10.1. The molecule has 0 bridgehead atoms. The van der Waals surface area contributed by atoms with E-state index in [1.807, 2.05) is 6.92 Å². The number of amidine groups is 1. The van der Waals surface area contributed by atoms with Crippen LogP contribution >= 0.6 is 0 Å². The van der Waals surface area contributed by atoms with Gasteiger partial charge in [-0.25, -0.2) is 4.99 Å². The lowest BCUT2D eigenvalue weighted by Gasteiger charge is -2.06. The Kier molecular flexibility index (Phi) is 8.67. The summed E-state index contributed by atoms with van der Waals surface area (Å²) in [5.41, 5.74) is 18.6. The Balaban J connectivity index is 2.91. The fraction of sp³-hybridized carbons (Fsp3) is 0.562. The van der Waals surface area contributed by atoms with Crippen LogP contribution in [0.25, 0.3) is 0 Å². The molecule has 0 fully saturated rings. The van der Waals surface area contributed by atoms with Crippen molar-refractivity contribution in [3.05, 3.63) is 23.5 Å². The summed E-state index contributed by atoms with van der Waals surface area (Å²) in [4.78, 5) is 21.0. The van der Waals surface area contributed by atoms with E-state index in [0.29, 0.717) is 48.9 Å². The summed E-state index contributed by atoms with van der Waals surface area (Å²) in [6, 6.07) is 0. The van der Waals surface area contributed by atoms with Gasteiger partial charge in [0.05, 0.1) is 5.71 Å². The van der Waals surface area contributed by atoms with Crippen LogP contribution in [0, 0.1) is 0 Å². The number of aliphatic imine (C=N–C) groups is 2. The molecular formula is C16H28N6O. The maximum atomic E-state index is 12.2. The van der Waals surface area contributed by atoms with Gasteiger partial charge in [0.15, 0.2) is 0 Å². The molecule has 0 saturated heterocycles. The molecule has 1 heterocycles. The van der Waals surface area contributed by atoms with Crippen LogP contribution in [0.3, 0.4) is 0 Å². The Morgan fingerprint density at radius 1 is 1.43 bits per heavy atom. The summed E-state index contributed by atoms with van der Waals surface area (Å²) >= 11 is 0. The van der Waals surface area contributed by atoms with Crippen LogP contribution in [0.1, 0.15) is 39.0 Å². The number of hydrogen-bond donors (Lipinski definition) is 4. The maximum Gasteiger partial charge on any atom is 0.247 e. The van der Waals surface area contributed by atoms with E-state index in [1.54, 1.807) is 6.08 Å². The normalized spacial score (nSPS) is 18.5. The zero-order valence-corrected chi connectivity index (χ0v) is 13.8. The number of hydrogen-bond acceptors (Lipinski definition) is 6. The summed E-state index contributed by atoms with van der Waals surface area (Å²) in [6.07, 6.45) is 7.20. The molecule has 7 heteroatoms. The average Bonchev–Trinajstić information content (AvgIpc) is 2.71. The Bertz CT molecular complexity index is 519. The van der Waals surface area contributed by atoms with Gasteiger partial charge in [0, 0.05) is 31.3 Å². The summed E-state index contributed by atoms with van der Waals surface area (Å²) in [7, 11) is 0. The fourth-order valence-electron chi connectivity index (χ4n) is 2.12. The smallest absolute Gasteiger partial charge is 0.247 e. The molecule has 0 aromatic carbocycles. The summed E-state index contributed by atoms with van der Waals surface area (Å²) in [6.45, 7) is 3.95. The van der Waals surface area contributed by atoms with E-state index in [-0.39, 0.29) is 5.91 Å². The van der Waals surface area contributed by atoms with Gasteiger partial charge < -0.3 is 22.5 Å². The Labute approximate surface area is 137 Å². The first kappa shape index (κ1) is 18.9. The number of carbonyl (C=O) groups is 1. The van der Waals surface area contributed by atoms with Gasteiger partial charge in [-0.3, -0.25) is 9.79 Å². The zero-order chi connectivity index (χ0) is 17.1. The van der Waals surface area contributed by atoms with Crippen molar-refractivity contribution in [3.63, 3.8) is 0 Å². The second kappa shape index (κ2) is 10.6. The minimum Gasteiger partial charge on any atom is -0.403 e. The van der Waals surface area contributed by atoms with Crippen molar-refractivity contribution in [3.8, 4) is 0 Å². The number of nitrogens with one attached hydrogen (secondary N) is 1. The highest BCUT2D eigenvalue weighted by Crippen LogP contribution is 2.14. The molecule has 0 radical (unpaired) electrons. The van der Waals surface area contributed by atoms with Gasteiger partial charge in [-0.15, -0.1) is 0 Å². The molecular weight excluding hydrogens is 292 g/mol. The van der Waals surface area contributed by atoms with Crippen LogP contribution < -0.4 is 22.5 Å². The molecule has 1 rings (SSSR count). The Morgan fingerprint density at radius 2 is 2.22 bits per heavy atom. The molecule has 1 amide bonds. The second-order valence-electron chi connectivity index (χ2n) is 5.37. The summed E-state index contributed by atoms with van der Waals surface area (Å²) < 4.78 is 0. The van der Waals surface area contributed by atoms with E-state index in [4.69, 9.17) is 17.2 Å². The molecule has 1 aliphatic rings. The maximum absolute atomic E-state index is 12.2. The minimum absolute atomic E-state index is 0.140. The minimum atomic E-state index is -0.140. The number of unbranched alkanes of at least 4 members (excludes halogenated alkanes) is 2. The van der Waals surface area contributed by atoms with Crippen LogP contribution in [0.2, 0.25) is 0 Å². The SMILES string of the molecule is CCCNC(=O)C1=CC(=NCCCCCN)/C(=C\N)N=C(N)C1. The van der Waals surface area contributed by atoms with Crippen LogP contribution in [-0.4, -0.2) is 37.1 Å². The van der Waals surface area contributed by atoms with Gasteiger partial charge in [-0.2, -0.15) is 0 Å². The first-order chi connectivity index (χ1) is 11.1. The quantitative estimate of drug-likeness (QED) is 0.487. The number of allylic oxidation sites excluding steroid dienone is 1. The van der Waals surface area contributed by atoms with Crippen molar-refractivity contribution < 1.29 is 4.79 Å². The van der Waals surface area contributed by atoms with E-state index >= 15 is 0 Å². The highest BCUT2D eigenvalue weighted by atomic mass is 16.1. The number of amides is 1. The number of rotatable bonds is 8. The first-order valence-electron chi connectivity index (χ1n) is 8.11. The first-order valence-corrected chi connectivity index (χ1v) is 8.11. The molecule has 0 aromatic rings. The number of carbonyl (C=O) groups excluding carboxylic acids is 1. The van der Waals surface area contributed by atoms with Crippen LogP contribution in [0.5, 0.6) is 0 Å². The molecule has 7 N–H and O–H groups in total. The molecule has 0 spiro atoms. The molecule has 0 atom stereocenters. The van der Waals surface area contributed by atoms with E-state index < -0.39 is 0 Å². The zero-order valence-electron chi connectivity index (χ0n) is 13.8. The van der Waals surface area contributed by atoms with Crippen molar-refractivity contribution >= 4 is 17.5 Å². The van der Waals surface area contributed by atoms with Crippen molar-refractivity contribution in [1.82, 2.24) is 5.32 Å². The molecule has 7 nitrogen and oxygen atoms in total. The number of nitrogens with two attached hydrogens (primary N) is 3. The third-order valence-corrected chi connectivity index (χ3v) is 3.34. The molecule has 1 aliphatic heterocycles. The van der Waals surface area contributed by atoms with Gasteiger partial charge >= 0.3 is 0 Å². The van der Waals surface area contributed by atoms with Gasteiger partial charge in [-0.05, 0) is 31.9 Å². The predicted molar refractivity (Wildman–Crippen MR) is 95.1 cm³/mol. The van der Waals surface area contributed by atoms with Crippen molar-refractivity contribution in [2.45, 2.75) is 39.0 Å². The number of nitrogens with zero attached hydrogens (tertiary/aromatic N) is 2. The van der Waals surface area contributed by atoms with Gasteiger partial charge in [0.2, 0.25) is 5.91 Å². The molecule has 0 unspecified atom stereocenters. The average molecular weight is 320 g/mol. The third-order valence-electron chi connectivity index (χ3n) is 3.34. The van der Waals surface area contributed by atoms with Gasteiger partial charge in [-0.1, -0.05) is 13.3 Å². The van der Waals surface area contributed by atoms with E-state index in [2.05, 4.69) is 15.3 Å². The molecule has 128 valence electrons. The van der Waals surface area contributed by atoms with Crippen molar-refractivity contribution in [1.29, 1.82) is 0 Å². The standard InChI is InChI=1S/C16H28N6O/c1-2-7-21-16(23)12-9-13(20-8-5-3-4-6-17)14(11-18)22-15(19)10-12/h9,11H,2-8,10,17-18H2,1H3,(H2,19,22)(H,21,23)/b14-11+,20-13?. The lowest BCUT2D eigenvalue weighted by molar-refractivity contribution is -0.117. The van der Waals surface area contributed by atoms with E-state index in [0.717, 1.165) is 25.7 Å². The van der Waals surface area contributed by atoms with E-state index in [9.17, 15) is 4.79 Å². The molecule has 0 saturated carbocycles. The topological polar surface area (TPSA) is 132 Å². The lowest BCUT2D eigenvalue weighted by Crippen LogP contribution is -2.27.